The molecule has 0 radical (unpaired) electrons. The first-order valence-corrected chi connectivity index (χ1v) is 9.70. The first-order chi connectivity index (χ1) is 12.7. The van der Waals surface area contributed by atoms with Crippen molar-refractivity contribution in [1.29, 1.82) is 0 Å². The van der Waals surface area contributed by atoms with Crippen molar-refractivity contribution in [3.05, 3.63) is 64.4 Å². The lowest BCUT2D eigenvalue weighted by Crippen LogP contribution is -2.40. The molecule has 26 heavy (non-hydrogen) atoms. The van der Waals surface area contributed by atoms with Gasteiger partial charge in [0.2, 0.25) is 0 Å². The molecule has 1 fully saturated rings. The second-order valence-electron chi connectivity index (χ2n) is 6.61. The molecule has 1 aliphatic heterocycles. The zero-order valence-electron chi connectivity index (χ0n) is 14.7. The molecular formula is C19H21N5OS. The van der Waals surface area contributed by atoms with Crippen LogP contribution in [0.4, 0.5) is 0 Å². The standard InChI is InChI=1S/C19H21N5OS/c1-14-22-17(13-26-14)19(25)24-9-2-3-16(12-24)18-21-8-10-23(18)11-15-4-6-20-7-5-15/h4-8,10,13,16H,2-3,9,11-12H2,1H3. The van der Waals surface area contributed by atoms with Crippen molar-refractivity contribution < 1.29 is 4.79 Å². The molecular weight excluding hydrogens is 346 g/mol. The maximum atomic E-state index is 12.7. The predicted octanol–water partition coefficient (Wildman–Crippen LogP) is 3.11. The summed E-state index contributed by atoms with van der Waals surface area (Å²) in [6, 6.07) is 4.04. The largest absolute Gasteiger partial charge is 0.337 e. The number of thiazole rings is 1. The van der Waals surface area contributed by atoms with Gasteiger partial charge in [-0.25, -0.2) is 9.97 Å². The van der Waals surface area contributed by atoms with E-state index in [9.17, 15) is 4.79 Å². The first-order valence-electron chi connectivity index (χ1n) is 8.82. The lowest BCUT2D eigenvalue weighted by Gasteiger charge is -2.32. The summed E-state index contributed by atoms with van der Waals surface area (Å²) in [4.78, 5) is 27.7. The van der Waals surface area contributed by atoms with Crippen LogP contribution >= 0.6 is 11.3 Å². The molecule has 0 N–H and O–H groups in total. The maximum absolute atomic E-state index is 12.7. The van der Waals surface area contributed by atoms with E-state index in [-0.39, 0.29) is 11.8 Å². The minimum atomic E-state index is 0.0336. The van der Waals surface area contributed by atoms with Crippen molar-refractivity contribution in [1.82, 2.24) is 24.4 Å². The molecule has 1 amide bonds. The highest BCUT2D eigenvalue weighted by atomic mass is 32.1. The highest BCUT2D eigenvalue weighted by molar-refractivity contribution is 7.09. The third kappa shape index (κ3) is 3.53. The van der Waals surface area contributed by atoms with Crippen molar-refractivity contribution in [2.75, 3.05) is 13.1 Å². The van der Waals surface area contributed by atoms with E-state index < -0.39 is 0 Å². The van der Waals surface area contributed by atoms with Gasteiger partial charge >= 0.3 is 0 Å². The summed E-state index contributed by atoms with van der Waals surface area (Å²) in [5.41, 5.74) is 1.76. The zero-order chi connectivity index (χ0) is 17.9. The number of nitrogens with zero attached hydrogens (tertiary/aromatic N) is 5. The smallest absolute Gasteiger partial charge is 0.273 e. The van der Waals surface area contributed by atoms with E-state index in [2.05, 4.69) is 19.5 Å². The average molecular weight is 367 g/mol. The predicted molar refractivity (Wildman–Crippen MR) is 100 cm³/mol. The monoisotopic (exact) mass is 367 g/mol. The summed E-state index contributed by atoms with van der Waals surface area (Å²) in [7, 11) is 0. The van der Waals surface area contributed by atoms with Gasteiger partial charge in [-0.1, -0.05) is 0 Å². The van der Waals surface area contributed by atoms with Crippen molar-refractivity contribution >= 4 is 17.2 Å². The molecule has 3 aromatic heterocycles. The Balaban J connectivity index is 1.50. The van der Waals surface area contributed by atoms with Crippen LogP contribution in [0.1, 0.15) is 45.6 Å². The molecule has 0 saturated carbocycles. The second-order valence-corrected chi connectivity index (χ2v) is 7.67. The van der Waals surface area contributed by atoms with Crippen molar-refractivity contribution in [2.45, 2.75) is 32.2 Å². The molecule has 1 atom stereocenters. The average Bonchev–Trinajstić information content (AvgIpc) is 3.31. The van der Waals surface area contributed by atoms with Gasteiger partial charge in [0, 0.05) is 55.7 Å². The van der Waals surface area contributed by atoms with E-state index in [1.807, 2.05) is 54.1 Å². The number of imidazole rings is 1. The van der Waals surface area contributed by atoms with Gasteiger partial charge in [0.15, 0.2) is 0 Å². The topological polar surface area (TPSA) is 63.9 Å². The Labute approximate surface area is 156 Å². The van der Waals surface area contributed by atoms with Crippen LogP contribution in [-0.4, -0.2) is 43.4 Å². The van der Waals surface area contributed by atoms with Gasteiger partial charge in [-0.3, -0.25) is 9.78 Å². The number of carbonyl (C=O) groups excluding carboxylic acids is 1. The molecule has 7 heteroatoms. The Morgan fingerprint density at radius 2 is 2.15 bits per heavy atom. The summed E-state index contributed by atoms with van der Waals surface area (Å²) in [5, 5.41) is 2.78. The van der Waals surface area contributed by atoms with E-state index >= 15 is 0 Å². The quantitative estimate of drug-likeness (QED) is 0.711. The summed E-state index contributed by atoms with van der Waals surface area (Å²) in [6.07, 6.45) is 9.52. The van der Waals surface area contributed by atoms with Crippen LogP contribution in [-0.2, 0) is 6.54 Å². The zero-order valence-corrected chi connectivity index (χ0v) is 15.5. The molecule has 1 unspecified atom stereocenters. The molecule has 1 aliphatic rings. The number of carbonyl (C=O) groups is 1. The highest BCUT2D eigenvalue weighted by Crippen LogP contribution is 2.27. The van der Waals surface area contributed by atoms with Crippen LogP contribution in [0.25, 0.3) is 0 Å². The van der Waals surface area contributed by atoms with Crippen molar-refractivity contribution in [2.24, 2.45) is 0 Å². The number of likely N-dealkylation sites (tertiary alicyclic amines) is 1. The van der Waals surface area contributed by atoms with Crippen LogP contribution in [0.3, 0.4) is 0 Å². The number of aryl methyl sites for hydroxylation is 1. The third-order valence-corrected chi connectivity index (χ3v) is 5.54. The van der Waals surface area contributed by atoms with Crippen molar-refractivity contribution in [3.8, 4) is 0 Å². The number of aromatic nitrogens is 4. The summed E-state index contributed by atoms with van der Waals surface area (Å²) < 4.78 is 2.18. The van der Waals surface area contributed by atoms with Crippen LogP contribution in [0.2, 0.25) is 0 Å². The lowest BCUT2D eigenvalue weighted by molar-refractivity contribution is 0.0698. The lowest BCUT2D eigenvalue weighted by atomic mass is 9.96. The molecule has 134 valence electrons. The van der Waals surface area contributed by atoms with Crippen LogP contribution in [0, 0.1) is 6.92 Å². The SMILES string of the molecule is Cc1nc(C(=O)N2CCCC(c3nccn3Cc3ccncc3)C2)cs1. The van der Waals surface area contributed by atoms with E-state index in [1.165, 1.54) is 16.9 Å². The van der Waals surface area contributed by atoms with E-state index in [1.54, 1.807) is 0 Å². The fraction of sp³-hybridized carbons (Fsp3) is 0.368. The van der Waals surface area contributed by atoms with Gasteiger partial charge in [-0.15, -0.1) is 11.3 Å². The number of hydrogen-bond acceptors (Lipinski definition) is 5. The Kier molecular flexibility index (Phi) is 4.79. The minimum Gasteiger partial charge on any atom is -0.337 e. The van der Waals surface area contributed by atoms with Crippen LogP contribution in [0.15, 0.2) is 42.3 Å². The van der Waals surface area contributed by atoms with Crippen molar-refractivity contribution in [3.63, 3.8) is 0 Å². The molecule has 6 nitrogen and oxygen atoms in total. The fourth-order valence-electron chi connectivity index (χ4n) is 3.50. The Hall–Kier alpha value is -2.54. The third-order valence-electron chi connectivity index (χ3n) is 4.76. The Morgan fingerprint density at radius 1 is 1.31 bits per heavy atom. The number of pyridine rings is 1. The number of rotatable bonds is 4. The van der Waals surface area contributed by atoms with E-state index in [0.29, 0.717) is 12.2 Å². The minimum absolute atomic E-state index is 0.0336. The van der Waals surface area contributed by atoms with Gasteiger partial charge < -0.3 is 9.47 Å². The van der Waals surface area contributed by atoms with Gasteiger partial charge in [-0.05, 0) is 37.5 Å². The molecule has 4 heterocycles. The summed E-state index contributed by atoms with van der Waals surface area (Å²) in [6.45, 7) is 4.18. The molecule has 0 aromatic carbocycles. The summed E-state index contributed by atoms with van der Waals surface area (Å²) in [5.74, 6) is 1.34. The first kappa shape index (κ1) is 16.9. The summed E-state index contributed by atoms with van der Waals surface area (Å²) >= 11 is 1.52. The molecule has 0 spiro atoms. The van der Waals surface area contributed by atoms with E-state index in [4.69, 9.17) is 0 Å². The highest BCUT2D eigenvalue weighted by Gasteiger charge is 2.28. The Bertz CT molecular complexity index is 888. The molecule has 3 aromatic rings. The number of amides is 1. The normalized spacial score (nSPS) is 17.4. The van der Waals surface area contributed by atoms with Crippen LogP contribution in [0.5, 0.6) is 0 Å². The number of hydrogen-bond donors (Lipinski definition) is 0. The van der Waals surface area contributed by atoms with Gasteiger partial charge in [0.05, 0.1) is 5.01 Å². The molecule has 0 bridgehead atoms. The molecule has 1 saturated heterocycles. The van der Waals surface area contributed by atoms with Gasteiger partial charge in [0.1, 0.15) is 11.5 Å². The molecule has 0 aliphatic carbocycles. The van der Waals surface area contributed by atoms with Gasteiger partial charge in [0.25, 0.3) is 5.91 Å². The van der Waals surface area contributed by atoms with Crippen LogP contribution < -0.4 is 0 Å². The van der Waals surface area contributed by atoms with Gasteiger partial charge in [-0.2, -0.15) is 0 Å². The fourth-order valence-corrected chi connectivity index (χ4v) is 4.08. The Morgan fingerprint density at radius 3 is 2.92 bits per heavy atom. The number of piperidine rings is 1. The van der Waals surface area contributed by atoms with E-state index in [0.717, 1.165) is 36.8 Å². The maximum Gasteiger partial charge on any atom is 0.273 e. The molecule has 4 rings (SSSR count). The second kappa shape index (κ2) is 7.37.